The van der Waals surface area contributed by atoms with Gasteiger partial charge in [-0.25, -0.2) is 4.98 Å². The highest BCUT2D eigenvalue weighted by atomic mass is 32.2. The largest absolute Gasteiger partial charge is 0.394 e. The number of amides is 1. The van der Waals surface area contributed by atoms with E-state index in [1.54, 1.807) is 23.3 Å². The molecule has 19 heavy (non-hydrogen) atoms. The summed E-state index contributed by atoms with van der Waals surface area (Å²) in [6.07, 6.45) is 0. The summed E-state index contributed by atoms with van der Waals surface area (Å²) in [5.41, 5.74) is 0.972. The Morgan fingerprint density at radius 1 is 1.53 bits per heavy atom. The zero-order chi connectivity index (χ0) is 13.8. The molecule has 1 amide bonds. The molecule has 4 nitrogen and oxygen atoms in total. The lowest BCUT2D eigenvalue weighted by atomic mass is 10.3. The fourth-order valence-electron chi connectivity index (χ4n) is 1.51. The van der Waals surface area contributed by atoms with Crippen molar-refractivity contribution in [2.24, 2.45) is 0 Å². The molecule has 1 N–H and O–H groups in total. The van der Waals surface area contributed by atoms with Crippen LogP contribution >= 0.6 is 23.1 Å². The number of aromatic nitrogens is 1. The molecule has 0 radical (unpaired) electrons. The molecule has 2 rings (SSSR count). The molecule has 0 aliphatic carbocycles. The number of hydrogen-bond donors (Lipinski definition) is 1. The highest BCUT2D eigenvalue weighted by Gasteiger charge is 2.15. The molecule has 1 aromatic heterocycles. The summed E-state index contributed by atoms with van der Waals surface area (Å²) < 4.78 is 2.04. The Kier molecular flexibility index (Phi) is 4.79. The van der Waals surface area contributed by atoms with E-state index in [0.717, 1.165) is 14.6 Å². The second kappa shape index (κ2) is 6.36. The van der Waals surface area contributed by atoms with E-state index >= 15 is 0 Å². The average Bonchev–Trinajstić information content (AvgIpc) is 2.85. The van der Waals surface area contributed by atoms with Crippen LogP contribution in [-0.2, 0) is 4.79 Å². The summed E-state index contributed by atoms with van der Waals surface area (Å²) in [5.74, 6) is 0.353. The molecule has 0 aliphatic heterocycles. The van der Waals surface area contributed by atoms with Crippen LogP contribution in [0.2, 0.25) is 0 Å². The Morgan fingerprint density at radius 3 is 2.95 bits per heavy atom. The predicted octanol–water partition coefficient (Wildman–Crippen LogP) is 2.23. The Labute approximate surface area is 120 Å². The van der Waals surface area contributed by atoms with E-state index in [2.05, 4.69) is 4.98 Å². The standard InChI is InChI=1S/C13H16N2O2S2/c1-9(7-16)15(2)12(17)8-18-13-14-10-5-3-4-6-11(10)19-13/h3-6,9,16H,7-8H2,1-2H3. The van der Waals surface area contributed by atoms with E-state index in [4.69, 9.17) is 5.11 Å². The first kappa shape index (κ1) is 14.3. The number of thiazole rings is 1. The zero-order valence-corrected chi connectivity index (χ0v) is 12.5. The van der Waals surface area contributed by atoms with Gasteiger partial charge in [-0.2, -0.15) is 0 Å². The molecule has 1 unspecified atom stereocenters. The lowest BCUT2D eigenvalue weighted by Crippen LogP contribution is -2.38. The monoisotopic (exact) mass is 296 g/mol. The third-order valence-electron chi connectivity index (χ3n) is 2.91. The number of carbonyl (C=O) groups excluding carboxylic acids is 1. The average molecular weight is 296 g/mol. The number of carbonyl (C=O) groups is 1. The molecule has 0 spiro atoms. The van der Waals surface area contributed by atoms with Gasteiger partial charge in [-0.05, 0) is 19.1 Å². The number of fused-ring (bicyclic) bond motifs is 1. The van der Waals surface area contributed by atoms with Crippen molar-refractivity contribution in [1.29, 1.82) is 0 Å². The first-order chi connectivity index (χ1) is 9.11. The zero-order valence-electron chi connectivity index (χ0n) is 10.9. The number of thioether (sulfide) groups is 1. The van der Waals surface area contributed by atoms with Crippen LogP contribution in [0, 0.1) is 0 Å². The van der Waals surface area contributed by atoms with Crippen LogP contribution in [0.15, 0.2) is 28.6 Å². The molecule has 0 saturated carbocycles. The van der Waals surface area contributed by atoms with Crippen LogP contribution in [0.1, 0.15) is 6.92 Å². The molecule has 6 heteroatoms. The van der Waals surface area contributed by atoms with Gasteiger partial charge < -0.3 is 10.0 Å². The van der Waals surface area contributed by atoms with Gasteiger partial charge >= 0.3 is 0 Å². The molecule has 1 aromatic carbocycles. The van der Waals surface area contributed by atoms with Gasteiger partial charge in [0.2, 0.25) is 5.91 Å². The van der Waals surface area contributed by atoms with E-state index < -0.39 is 0 Å². The van der Waals surface area contributed by atoms with Crippen LogP contribution in [0.4, 0.5) is 0 Å². The third kappa shape index (κ3) is 3.46. The Hall–Kier alpha value is -1.11. The van der Waals surface area contributed by atoms with E-state index in [1.165, 1.54) is 11.8 Å². The SMILES string of the molecule is CC(CO)N(C)C(=O)CSc1nc2ccccc2s1. The van der Waals surface area contributed by atoms with Gasteiger partial charge in [-0.15, -0.1) is 11.3 Å². The molecular weight excluding hydrogens is 280 g/mol. The van der Waals surface area contributed by atoms with Crippen molar-refractivity contribution < 1.29 is 9.90 Å². The third-order valence-corrected chi connectivity index (χ3v) is 5.08. The minimum absolute atomic E-state index is 0.00538. The molecule has 102 valence electrons. The van der Waals surface area contributed by atoms with Crippen LogP contribution in [0.25, 0.3) is 10.2 Å². The molecular formula is C13H16N2O2S2. The highest BCUT2D eigenvalue weighted by Crippen LogP contribution is 2.29. The number of hydrogen-bond acceptors (Lipinski definition) is 5. The smallest absolute Gasteiger partial charge is 0.233 e. The highest BCUT2D eigenvalue weighted by molar-refractivity contribution is 8.01. The number of benzene rings is 1. The van der Waals surface area contributed by atoms with Gasteiger partial charge in [0.1, 0.15) is 0 Å². The van der Waals surface area contributed by atoms with Gasteiger partial charge in [-0.3, -0.25) is 4.79 Å². The van der Waals surface area contributed by atoms with Crippen LogP contribution in [-0.4, -0.2) is 46.3 Å². The first-order valence-corrected chi connectivity index (χ1v) is 7.77. The lowest BCUT2D eigenvalue weighted by molar-refractivity contribution is -0.129. The van der Waals surface area contributed by atoms with Gasteiger partial charge in [0, 0.05) is 7.05 Å². The van der Waals surface area contributed by atoms with Crippen molar-refractivity contribution in [3.8, 4) is 0 Å². The van der Waals surface area contributed by atoms with Crippen molar-refractivity contribution in [2.45, 2.75) is 17.3 Å². The number of para-hydroxylation sites is 1. The maximum Gasteiger partial charge on any atom is 0.233 e. The van der Waals surface area contributed by atoms with E-state index in [1.807, 2.05) is 31.2 Å². The maximum atomic E-state index is 11.9. The molecule has 0 bridgehead atoms. The fraction of sp³-hybridized carbons (Fsp3) is 0.385. The molecule has 2 aromatic rings. The summed E-state index contributed by atoms with van der Waals surface area (Å²) in [5, 5.41) is 9.02. The van der Waals surface area contributed by atoms with Gasteiger partial charge in [0.05, 0.1) is 28.6 Å². The summed E-state index contributed by atoms with van der Waals surface area (Å²) in [6.45, 7) is 1.80. The summed E-state index contributed by atoms with van der Waals surface area (Å²) in [4.78, 5) is 17.9. The van der Waals surface area contributed by atoms with Crippen molar-refractivity contribution in [3.05, 3.63) is 24.3 Å². The fourth-order valence-corrected chi connectivity index (χ4v) is 3.50. The van der Waals surface area contributed by atoms with E-state index in [9.17, 15) is 4.79 Å². The molecule has 0 saturated heterocycles. The Balaban J connectivity index is 1.96. The number of nitrogens with zero attached hydrogens (tertiary/aromatic N) is 2. The Morgan fingerprint density at radius 2 is 2.26 bits per heavy atom. The molecule has 0 fully saturated rings. The first-order valence-electron chi connectivity index (χ1n) is 5.96. The summed E-state index contributed by atoms with van der Waals surface area (Å²) >= 11 is 3.04. The van der Waals surface area contributed by atoms with Gasteiger partial charge in [0.25, 0.3) is 0 Å². The molecule has 1 atom stereocenters. The van der Waals surface area contributed by atoms with Gasteiger partial charge in [0.15, 0.2) is 4.34 Å². The maximum absolute atomic E-state index is 11.9. The van der Waals surface area contributed by atoms with Crippen LogP contribution in [0.3, 0.4) is 0 Å². The van der Waals surface area contributed by atoms with E-state index in [-0.39, 0.29) is 18.6 Å². The lowest BCUT2D eigenvalue weighted by Gasteiger charge is -2.22. The van der Waals surface area contributed by atoms with Gasteiger partial charge in [-0.1, -0.05) is 23.9 Å². The minimum atomic E-state index is -0.150. The van der Waals surface area contributed by atoms with Crippen molar-refractivity contribution in [2.75, 3.05) is 19.4 Å². The predicted molar refractivity (Wildman–Crippen MR) is 79.7 cm³/mol. The summed E-state index contributed by atoms with van der Waals surface area (Å²) in [6, 6.07) is 7.79. The number of aliphatic hydroxyl groups is 1. The van der Waals surface area contributed by atoms with Crippen molar-refractivity contribution >= 4 is 39.2 Å². The topological polar surface area (TPSA) is 53.4 Å². The van der Waals surface area contributed by atoms with Crippen LogP contribution < -0.4 is 0 Å². The van der Waals surface area contributed by atoms with Crippen LogP contribution in [0.5, 0.6) is 0 Å². The number of rotatable bonds is 5. The number of likely N-dealkylation sites (N-methyl/N-ethyl adjacent to an activating group) is 1. The van der Waals surface area contributed by atoms with E-state index in [0.29, 0.717) is 5.75 Å². The van der Waals surface area contributed by atoms with Crippen molar-refractivity contribution in [3.63, 3.8) is 0 Å². The minimum Gasteiger partial charge on any atom is -0.394 e. The number of aliphatic hydroxyl groups excluding tert-OH is 1. The second-order valence-corrected chi connectivity index (χ2v) is 6.53. The summed E-state index contributed by atoms with van der Waals surface area (Å²) in [7, 11) is 1.71. The Bertz CT molecular complexity index is 538. The molecule has 0 aliphatic rings. The normalized spacial score (nSPS) is 12.6. The molecule has 1 heterocycles. The quantitative estimate of drug-likeness (QED) is 0.860. The second-order valence-electron chi connectivity index (χ2n) is 4.27. The van der Waals surface area contributed by atoms with Crippen molar-refractivity contribution in [1.82, 2.24) is 9.88 Å².